The number of benzene rings is 2. The van der Waals surface area contributed by atoms with E-state index in [1.807, 2.05) is 29.2 Å². The van der Waals surface area contributed by atoms with Crippen molar-refractivity contribution in [2.45, 2.75) is 31.7 Å². The van der Waals surface area contributed by atoms with Crippen LogP contribution in [-0.4, -0.2) is 60.9 Å². The van der Waals surface area contributed by atoms with E-state index in [9.17, 15) is 14.0 Å². The van der Waals surface area contributed by atoms with E-state index in [0.29, 0.717) is 24.7 Å². The summed E-state index contributed by atoms with van der Waals surface area (Å²) >= 11 is 0. The molecule has 0 spiro atoms. The molecule has 2 aromatic carbocycles. The van der Waals surface area contributed by atoms with Crippen LogP contribution < -0.4 is 10.1 Å². The molecule has 32 heavy (non-hydrogen) atoms. The van der Waals surface area contributed by atoms with Crippen molar-refractivity contribution in [2.24, 2.45) is 5.92 Å². The summed E-state index contributed by atoms with van der Waals surface area (Å²) in [7, 11) is 1.62. The number of rotatable bonds is 5. The topological polar surface area (TPSA) is 61.9 Å². The van der Waals surface area contributed by atoms with Gasteiger partial charge in [0.2, 0.25) is 5.91 Å². The highest BCUT2D eigenvalue weighted by Crippen LogP contribution is 2.26. The summed E-state index contributed by atoms with van der Waals surface area (Å²) in [5.74, 6) is 0.370. The number of carbonyl (C=O) groups excluding carboxylic acids is 2. The predicted octanol–water partition coefficient (Wildman–Crippen LogP) is 3.79. The molecule has 2 aromatic rings. The Morgan fingerprint density at radius 1 is 0.969 bits per heavy atom. The second-order valence-corrected chi connectivity index (χ2v) is 8.56. The summed E-state index contributed by atoms with van der Waals surface area (Å²) in [6.07, 6.45) is 3.49. The molecule has 0 saturated carbocycles. The van der Waals surface area contributed by atoms with Crippen LogP contribution in [0.2, 0.25) is 0 Å². The number of hydrogen-bond donors (Lipinski definition) is 1. The van der Waals surface area contributed by atoms with Crippen molar-refractivity contribution < 1.29 is 18.7 Å². The van der Waals surface area contributed by atoms with Crippen molar-refractivity contribution in [3.8, 4) is 5.75 Å². The van der Waals surface area contributed by atoms with Crippen molar-refractivity contribution >= 4 is 17.5 Å². The first-order valence-electron chi connectivity index (χ1n) is 11.3. The van der Waals surface area contributed by atoms with Gasteiger partial charge >= 0.3 is 0 Å². The van der Waals surface area contributed by atoms with Gasteiger partial charge in [-0.2, -0.15) is 0 Å². The number of carbonyl (C=O) groups is 2. The molecule has 170 valence electrons. The largest absolute Gasteiger partial charge is 0.497 e. The van der Waals surface area contributed by atoms with E-state index in [1.165, 1.54) is 12.1 Å². The van der Waals surface area contributed by atoms with Crippen LogP contribution in [0, 0.1) is 11.7 Å². The summed E-state index contributed by atoms with van der Waals surface area (Å²) in [6, 6.07) is 13.7. The Labute approximate surface area is 188 Å². The van der Waals surface area contributed by atoms with Crippen LogP contribution in [-0.2, 0) is 4.79 Å². The van der Waals surface area contributed by atoms with Crippen LogP contribution >= 0.6 is 0 Å². The molecule has 1 N–H and O–H groups in total. The molecule has 2 fully saturated rings. The van der Waals surface area contributed by atoms with Gasteiger partial charge in [-0.3, -0.25) is 9.59 Å². The Morgan fingerprint density at radius 3 is 2.28 bits per heavy atom. The first-order chi connectivity index (χ1) is 15.5. The van der Waals surface area contributed by atoms with E-state index in [1.54, 1.807) is 19.2 Å². The van der Waals surface area contributed by atoms with Crippen LogP contribution in [0.4, 0.5) is 10.1 Å². The molecule has 0 bridgehead atoms. The van der Waals surface area contributed by atoms with Gasteiger partial charge in [-0.15, -0.1) is 0 Å². The predicted molar refractivity (Wildman–Crippen MR) is 121 cm³/mol. The minimum atomic E-state index is -0.385. The lowest BCUT2D eigenvalue weighted by molar-refractivity contribution is -0.121. The molecule has 2 heterocycles. The summed E-state index contributed by atoms with van der Waals surface area (Å²) in [6.45, 7) is 3.14. The molecule has 0 unspecified atom stereocenters. The lowest BCUT2D eigenvalue weighted by atomic mass is 9.92. The highest BCUT2D eigenvalue weighted by molar-refractivity contribution is 5.94. The Hall–Kier alpha value is -2.93. The van der Waals surface area contributed by atoms with E-state index in [4.69, 9.17) is 4.74 Å². The Morgan fingerprint density at radius 2 is 1.66 bits per heavy atom. The highest BCUT2D eigenvalue weighted by Gasteiger charge is 2.32. The molecule has 2 aliphatic heterocycles. The number of anilines is 1. The van der Waals surface area contributed by atoms with Gasteiger partial charge in [0, 0.05) is 36.3 Å². The van der Waals surface area contributed by atoms with E-state index in [2.05, 4.69) is 10.2 Å². The molecule has 0 aliphatic carbocycles. The van der Waals surface area contributed by atoms with Gasteiger partial charge in [-0.05, 0) is 81.2 Å². The van der Waals surface area contributed by atoms with Crippen LogP contribution in [0.5, 0.6) is 5.75 Å². The van der Waals surface area contributed by atoms with E-state index in [-0.39, 0.29) is 23.5 Å². The zero-order valence-corrected chi connectivity index (χ0v) is 18.4. The average molecular weight is 440 g/mol. The van der Waals surface area contributed by atoms with Crippen molar-refractivity contribution in [1.82, 2.24) is 9.80 Å². The summed E-state index contributed by atoms with van der Waals surface area (Å²) in [5.41, 5.74) is 1.20. The van der Waals surface area contributed by atoms with E-state index in [0.717, 1.165) is 50.2 Å². The second kappa shape index (κ2) is 10.1. The highest BCUT2D eigenvalue weighted by atomic mass is 19.1. The van der Waals surface area contributed by atoms with Gasteiger partial charge in [0.25, 0.3) is 5.91 Å². The lowest BCUT2D eigenvalue weighted by Gasteiger charge is -2.41. The summed E-state index contributed by atoms with van der Waals surface area (Å²) < 4.78 is 18.6. The minimum Gasteiger partial charge on any atom is -0.497 e. The quantitative estimate of drug-likeness (QED) is 0.770. The molecular weight excluding hydrogens is 409 g/mol. The van der Waals surface area contributed by atoms with Gasteiger partial charge in [0.1, 0.15) is 11.6 Å². The fourth-order valence-electron chi connectivity index (χ4n) is 4.68. The minimum absolute atomic E-state index is 0.0167. The molecule has 2 saturated heterocycles. The van der Waals surface area contributed by atoms with E-state index < -0.39 is 0 Å². The van der Waals surface area contributed by atoms with Gasteiger partial charge < -0.3 is 19.9 Å². The van der Waals surface area contributed by atoms with E-state index >= 15 is 0 Å². The molecule has 4 rings (SSSR count). The summed E-state index contributed by atoms with van der Waals surface area (Å²) in [5, 5.41) is 3.01. The number of amides is 2. The van der Waals surface area contributed by atoms with Crippen LogP contribution in [0.1, 0.15) is 36.0 Å². The average Bonchev–Trinajstić information content (AvgIpc) is 2.84. The molecular formula is C25H30FN3O3. The molecule has 0 aromatic heterocycles. The maximum absolute atomic E-state index is 13.4. The molecule has 7 heteroatoms. The van der Waals surface area contributed by atoms with Crippen LogP contribution in [0.3, 0.4) is 0 Å². The maximum atomic E-state index is 13.4. The van der Waals surface area contributed by atoms with Crippen LogP contribution in [0.15, 0.2) is 48.5 Å². The standard InChI is InChI=1S/C25H30FN3O3/c1-32-23-7-5-21(6-8-23)27-24(30)18-9-13-28(14-10-18)22-11-15-29(16-12-22)25(31)19-3-2-4-20(26)17-19/h2-8,17-18,22H,9-16H2,1H3,(H,27,30). The molecule has 6 nitrogen and oxygen atoms in total. The molecule has 0 atom stereocenters. The fourth-order valence-corrected chi connectivity index (χ4v) is 4.68. The Balaban J connectivity index is 1.22. The SMILES string of the molecule is COc1ccc(NC(=O)C2CCN(C3CCN(C(=O)c4cccc(F)c4)CC3)CC2)cc1. The van der Waals surface area contributed by atoms with Gasteiger partial charge in [0.05, 0.1) is 7.11 Å². The lowest BCUT2D eigenvalue weighted by Crippen LogP contribution is -2.49. The number of nitrogens with zero attached hydrogens (tertiary/aromatic N) is 2. The Bertz CT molecular complexity index is 934. The number of likely N-dealkylation sites (tertiary alicyclic amines) is 2. The monoisotopic (exact) mass is 439 g/mol. The van der Waals surface area contributed by atoms with Gasteiger partial charge in [-0.25, -0.2) is 4.39 Å². The smallest absolute Gasteiger partial charge is 0.253 e. The number of hydrogen-bond acceptors (Lipinski definition) is 4. The van der Waals surface area contributed by atoms with Crippen LogP contribution in [0.25, 0.3) is 0 Å². The second-order valence-electron chi connectivity index (χ2n) is 8.56. The van der Waals surface area contributed by atoms with Gasteiger partial charge in [0.15, 0.2) is 0 Å². The maximum Gasteiger partial charge on any atom is 0.253 e. The number of methoxy groups -OCH3 is 1. The van der Waals surface area contributed by atoms with Crippen molar-refractivity contribution in [1.29, 1.82) is 0 Å². The third-order valence-corrected chi connectivity index (χ3v) is 6.60. The van der Waals surface area contributed by atoms with Crippen molar-refractivity contribution in [3.05, 3.63) is 59.9 Å². The Kier molecular flexibility index (Phi) is 7.05. The summed E-state index contributed by atoms with van der Waals surface area (Å²) in [4.78, 5) is 29.6. The van der Waals surface area contributed by atoms with Crippen molar-refractivity contribution in [3.63, 3.8) is 0 Å². The number of ether oxygens (including phenoxy) is 1. The first kappa shape index (κ1) is 22.3. The van der Waals surface area contributed by atoms with Crippen molar-refractivity contribution in [2.75, 3.05) is 38.6 Å². The zero-order valence-electron chi connectivity index (χ0n) is 18.4. The first-order valence-corrected chi connectivity index (χ1v) is 11.3. The third-order valence-electron chi connectivity index (χ3n) is 6.60. The number of halogens is 1. The van der Waals surface area contributed by atoms with Gasteiger partial charge in [-0.1, -0.05) is 6.07 Å². The molecule has 0 radical (unpaired) electrons. The fraction of sp³-hybridized carbons (Fsp3) is 0.440. The number of nitrogens with one attached hydrogen (secondary N) is 1. The zero-order chi connectivity index (χ0) is 22.5. The molecule has 2 aliphatic rings. The molecule has 2 amide bonds. The number of piperidine rings is 2. The third kappa shape index (κ3) is 5.27. The normalized spacial score (nSPS) is 18.4.